The van der Waals surface area contributed by atoms with E-state index in [0.717, 1.165) is 0 Å². The van der Waals surface area contributed by atoms with E-state index in [1.165, 1.54) is 22.7 Å². The van der Waals surface area contributed by atoms with Gasteiger partial charge in [0, 0.05) is 18.7 Å². The highest BCUT2D eigenvalue weighted by molar-refractivity contribution is 8.00. The maximum atomic E-state index is 14.1. The number of hydrogen-bond acceptors (Lipinski definition) is 4. The Morgan fingerprint density at radius 2 is 2.04 bits per heavy atom. The van der Waals surface area contributed by atoms with Gasteiger partial charge in [0.1, 0.15) is 17.2 Å². The Hall–Kier alpha value is -1.60. The van der Waals surface area contributed by atoms with E-state index in [1.54, 1.807) is 30.0 Å². The number of amides is 2. The standard InChI is InChI=1S/C16H19FN2O3S/c1-11(15(21)18-6-8-22-9-7-18)19-14(20)10-23-16(19)12-4-2-3-5-13(12)17/h2-5,11,16H,6-10H2,1H3/t11-,16-/m0/s1. The van der Waals surface area contributed by atoms with Gasteiger partial charge in [0.05, 0.1) is 19.0 Å². The number of thioether (sulfide) groups is 1. The van der Waals surface area contributed by atoms with Crippen LogP contribution < -0.4 is 0 Å². The zero-order valence-electron chi connectivity index (χ0n) is 12.9. The SMILES string of the molecule is C[C@@H](C(=O)N1CCOCC1)N1C(=O)CS[C@H]1c1ccccc1F. The molecule has 0 N–H and O–H groups in total. The van der Waals surface area contributed by atoms with Crippen molar-refractivity contribution in [2.75, 3.05) is 32.1 Å². The number of ether oxygens (including phenoxy) is 1. The molecule has 0 aliphatic carbocycles. The van der Waals surface area contributed by atoms with Gasteiger partial charge in [-0.15, -0.1) is 11.8 Å². The minimum Gasteiger partial charge on any atom is -0.378 e. The number of carbonyl (C=O) groups is 2. The number of carbonyl (C=O) groups excluding carboxylic acids is 2. The fourth-order valence-corrected chi connectivity index (χ4v) is 4.22. The van der Waals surface area contributed by atoms with Crippen molar-refractivity contribution in [1.29, 1.82) is 0 Å². The van der Waals surface area contributed by atoms with Gasteiger partial charge in [-0.1, -0.05) is 18.2 Å². The number of nitrogens with zero attached hydrogens (tertiary/aromatic N) is 2. The Labute approximate surface area is 138 Å². The van der Waals surface area contributed by atoms with Gasteiger partial charge in [-0.3, -0.25) is 9.59 Å². The average molecular weight is 338 g/mol. The van der Waals surface area contributed by atoms with Crippen LogP contribution in [-0.2, 0) is 14.3 Å². The maximum absolute atomic E-state index is 14.1. The molecule has 1 aromatic rings. The van der Waals surface area contributed by atoms with E-state index in [-0.39, 0.29) is 23.4 Å². The number of halogens is 1. The van der Waals surface area contributed by atoms with Crippen molar-refractivity contribution < 1.29 is 18.7 Å². The van der Waals surface area contributed by atoms with E-state index in [4.69, 9.17) is 4.74 Å². The predicted octanol–water partition coefficient (Wildman–Crippen LogP) is 1.65. The molecular weight excluding hydrogens is 319 g/mol. The first kappa shape index (κ1) is 16.3. The third-order valence-corrected chi connectivity index (χ3v) is 5.38. The largest absolute Gasteiger partial charge is 0.378 e. The summed E-state index contributed by atoms with van der Waals surface area (Å²) in [5.41, 5.74) is 0.449. The zero-order chi connectivity index (χ0) is 16.4. The molecule has 0 radical (unpaired) electrons. The summed E-state index contributed by atoms with van der Waals surface area (Å²) < 4.78 is 19.4. The Bertz CT molecular complexity index is 607. The normalized spacial score (nSPS) is 23.2. The molecule has 0 spiro atoms. The van der Waals surface area contributed by atoms with Crippen LogP contribution >= 0.6 is 11.8 Å². The fourth-order valence-electron chi connectivity index (χ4n) is 2.94. The van der Waals surface area contributed by atoms with Gasteiger partial charge >= 0.3 is 0 Å². The van der Waals surface area contributed by atoms with Gasteiger partial charge in [-0.25, -0.2) is 4.39 Å². The average Bonchev–Trinajstić information content (AvgIpc) is 2.96. The number of hydrogen-bond donors (Lipinski definition) is 0. The first-order valence-electron chi connectivity index (χ1n) is 7.63. The minimum absolute atomic E-state index is 0.106. The third kappa shape index (κ3) is 3.21. The first-order valence-corrected chi connectivity index (χ1v) is 8.68. The minimum atomic E-state index is -0.611. The van der Waals surface area contributed by atoms with Crippen LogP contribution in [0.4, 0.5) is 4.39 Å². The lowest BCUT2D eigenvalue weighted by atomic mass is 10.1. The molecule has 2 heterocycles. The van der Waals surface area contributed by atoms with E-state index in [2.05, 4.69) is 0 Å². The molecule has 2 saturated heterocycles. The van der Waals surface area contributed by atoms with Crippen molar-refractivity contribution in [3.63, 3.8) is 0 Å². The zero-order valence-corrected chi connectivity index (χ0v) is 13.7. The smallest absolute Gasteiger partial charge is 0.245 e. The van der Waals surface area contributed by atoms with Crippen LogP contribution in [0, 0.1) is 5.82 Å². The molecule has 2 amide bonds. The first-order chi connectivity index (χ1) is 11.1. The molecule has 3 rings (SSSR count). The fraction of sp³-hybridized carbons (Fsp3) is 0.500. The lowest BCUT2D eigenvalue weighted by molar-refractivity contribution is -0.146. The van der Waals surface area contributed by atoms with Crippen LogP contribution in [0.25, 0.3) is 0 Å². The second-order valence-corrected chi connectivity index (χ2v) is 6.67. The molecule has 2 aliphatic rings. The molecule has 2 atom stereocenters. The molecule has 23 heavy (non-hydrogen) atoms. The van der Waals surface area contributed by atoms with Gasteiger partial charge in [0.2, 0.25) is 11.8 Å². The van der Waals surface area contributed by atoms with Gasteiger partial charge < -0.3 is 14.5 Å². The molecule has 1 aromatic carbocycles. The van der Waals surface area contributed by atoms with Gasteiger partial charge in [-0.05, 0) is 13.0 Å². The summed E-state index contributed by atoms with van der Waals surface area (Å²) in [4.78, 5) is 28.2. The van der Waals surface area contributed by atoms with E-state index in [1.807, 2.05) is 0 Å². The van der Waals surface area contributed by atoms with Crippen molar-refractivity contribution in [2.45, 2.75) is 18.3 Å². The van der Waals surface area contributed by atoms with Crippen molar-refractivity contribution in [3.8, 4) is 0 Å². The summed E-state index contributed by atoms with van der Waals surface area (Å²) in [5.74, 6) is -0.321. The summed E-state index contributed by atoms with van der Waals surface area (Å²) >= 11 is 1.36. The van der Waals surface area contributed by atoms with Gasteiger partial charge in [-0.2, -0.15) is 0 Å². The molecule has 124 valence electrons. The van der Waals surface area contributed by atoms with Gasteiger partial charge in [0.25, 0.3) is 0 Å². The summed E-state index contributed by atoms with van der Waals surface area (Å²) in [6, 6.07) is 5.80. The lowest BCUT2D eigenvalue weighted by Gasteiger charge is -2.35. The highest BCUT2D eigenvalue weighted by Crippen LogP contribution is 2.41. The quantitative estimate of drug-likeness (QED) is 0.841. The second-order valence-electron chi connectivity index (χ2n) is 5.60. The molecule has 2 aliphatic heterocycles. The highest BCUT2D eigenvalue weighted by Gasteiger charge is 2.41. The molecule has 0 unspecified atom stereocenters. The van der Waals surface area contributed by atoms with Crippen LogP contribution in [0.3, 0.4) is 0 Å². The molecule has 2 fully saturated rings. The second kappa shape index (κ2) is 6.88. The summed E-state index contributed by atoms with van der Waals surface area (Å²) in [6.07, 6.45) is 0. The molecule has 0 saturated carbocycles. The predicted molar refractivity (Wildman–Crippen MR) is 85.3 cm³/mol. The van der Waals surface area contributed by atoms with Crippen molar-refractivity contribution in [2.24, 2.45) is 0 Å². The Morgan fingerprint density at radius 1 is 1.35 bits per heavy atom. The molecular formula is C16H19FN2O3S. The molecule has 5 nitrogen and oxygen atoms in total. The number of morpholine rings is 1. The monoisotopic (exact) mass is 338 g/mol. The van der Waals surface area contributed by atoms with Crippen LogP contribution in [-0.4, -0.2) is 59.7 Å². The Morgan fingerprint density at radius 3 is 2.74 bits per heavy atom. The number of benzene rings is 1. The van der Waals surface area contributed by atoms with Crippen molar-refractivity contribution in [3.05, 3.63) is 35.6 Å². The molecule has 0 bridgehead atoms. The van der Waals surface area contributed by atoms with Crippen LogP contribution in [0.2, 0.25) is 0 Å². The van der Waals surface area contributed by atoms with E-state index in [0.29, 0.717) is 31.9 Å². The summed E-state index contributed by atoms with van der Waals surface area (Å²) in [6.45, 7) is 3.80. The van der Waals surface area contributed by atoms with Crippen LogP contribution in [0.1, 0.15) is 17.9 Å². The van der Waals surface area contributed by atoms with Gasteiger partial charge in [0.15, 0.2) is 0 Å². The topological polar surface area (TPSA) is 49.9 Å². The summed E-state index contributed by atoms with van der Waals surface area (Å²) in [7, 11) is 0. The van der Waals surface area contributed by atoms with E-state index >= 15 is 0 Å². The molecule has 0 aromatic heterocycles. The van der Waals surface area contributed by atoms with Crippen molar-refractivity contribution in [1.82, 2.24) is 9.80 Å². The third-order valence-electron chi connectivity index (χ3n) is 4.17. The Kier molecular flexibility index (Phi) is 4.87. The van der Waals surface area contributed by atoms with E-state index < -0.39 is 11.4 Å². The summed E-state index contributed by atoms with van der Waals surface area (Å²) in [5, 5.41) is -0.455. The molecule has 7 heteroatoms. The lowest BCUT2D eigenvalue weighted by Crippen LogP contribution is -2.51. The Balaban J connectivity index is 1.82. The van der Waals surface area contributed by atoms with Crippen LogP contribution in [0.15, 0.2) is 24.3 Å². The number of rotatable bonds is 3. The van der Waals surface area contributed by atoms with Crippen LogP contribution in [0.5, 0.6) is 0 Å². The van der Waals surface area contributed by atoms with Crippen molar-refractivity contribution >= 4 is 23.6 Å². The maximum Gasteiger partial charge on any atom is 0.245 e. The van der Waals surface area contributed by atoms with E-state index in [9.17, 15) is 14.0 Å². The highest BCUT2D eigenvalue weighted by atomic mass is 32.2.